The molecular formula is C12H22N2O4S2. The predicted octanol–water partition coefficient (Wildman–Crippen LogP) is 1.05. The smallest absolute Gasteiger partial charge is 0.273 e. The maximum absolute atomic E-state index is 11.9. The van der Waals surface area contributed by atoms with E-state index in [9.17, 15) is 8.42 Å². The molecule has 8 heteroatoms. The Morgan fingerprint density at radius 1 is 1.35 bits per heavy atom. The molecule has 0 radical (unpaired) electrons. The Morgan fingerprint density at radius 2 is 2.15 bits per heavy atom. The van der Waals surface area contributed by atoms with Crippen molar-refractivity contribution in [1.82, 2.24) is 10.0 Å². The monoisotopic (exact) mass is 322 g/mol. The Balaban J connectivity index is 2.44. The summed E-state index contributed by atoms with van der Waals surface area (Å²) in [5, 5.41) is 3.05. The molecule has 1 aromatic heterocycles. The minimum absolute atomic E-state index is 0.0369. The Labute approximate surface area is 124 Å². The molecule has 0 saturated carbocycles. The van der Waals surface area contributed by atoms with Gasteiger partial charge < -0.3 is 14.5 Å². The van der Waals surface area contributed by atoms with Crippen LogP contribution in [-0.4, -0.2) is 47.2 Å². The third-order valence-corrected chi connectivity index (χ3v) is 4.53. The zero-order valence-electron chi connectivity index (χ0n) is 11.8. The van der Waals surface area contributed by atoms with Crippen molar-refractivity contribution in [2.45, 2.75) is 18.1 Å². The van der Waals surface area contributed by atoms with Gasteiger partial charge in [-0.1, -0.05) is 0 Å². The molecule has 2 N–H and O–H groups in total. The largest absolute Gasteiger partial charge is 0.447 e. The van der Waals surface area contributed by atoms with Crippen LogP contribution < -0.4 is 10.0 Å². The van der Waals surface area contributed by atoms with Gasteiger partial charge in [-0.15, -0.1) is 0 Å². The molecule has 1 heterocycles. The fraction of sp³-hybridized carbons (Fsp3) is 0.667. The molecule has 0 aliphatic carbocycles. The first-order valence-corrected chi connectivity index (χ1v) is 9.25. The lowest BCUT2D eigenvalue weighted by Crippen LogP contribution is -2.24. The first-order valence-electron chi connectivity index (χ1n) is 6.37. The molecule has 0 aliphatic heterocycles. The Kier molecular flexibility index (Phi) is 8.24. The number of sulfonamides is 1. The van der Waals surface area contributed by atoms with Crippen molar-refractivity contribution in [3.63, 3.8) is 0 Å². The van der Waals surface area contributed by atoms with E-state index in [1.165, 1.54) is 6.07 Å². The van der Waals surface area contributed by atoms with Gasteiger partial charge in [0.05, 0.1) is 13.2 Å². The molecule has 0 atom stereocenters. The van der Waals surface area contributed by atoms with Gasteiger partial charge in [-0.3, -0.25) is 0 Å². The molecule has 116 valence electrons. The van der Waals surface area contributed by atoms with Crippen LogP contribution in [0.4, 0.5) is 0 Å². The van der Waals surface area contributed by atoms with Gasteiger partial charge in [-0.2, -0.15) is 11.8 Å². The summed E-state index contributed by atoms with van der Waals surface area (Å²) in [5.41, 5.74) is 0. The summed E-state index contributed by atoms with van der Waals surface area (Å²) < 4.78 is 36.6. The third-order valence-electron chi connectivity index (χ3n) is 2.50. The number of hydrogen-bond donors (Lipinski definition) is 2. The molecule has 6 nitrogen and oxygen atoms in total. The van der Waals surface area contributed by atoms with Crippen molar-refractivity contribution < 1.29 is 17.6 Å². The zero-order chi connectivity index (χ0) is 14.8. The minimum Gasteiger partial charge on any atom is -0.447 e. The number of ether oxygens (including phenoxy) is 1. The molecule has 0 fully saturated rings. The van der Waals surface area contributed by atoms with Crippen LogP contribution in [0.1, 0.15) is 12.2 Å². The van der Waals surface area contributed by atoms with Crippen molar-refractivity contribution in [2.24, 2.45) is 0 Å². The second kappa shape index (κ2) is 9.41. The van der Waals surface area contributed by atoms with Gasteiger partial charge in [0, 0.05) is 20.2 Å². The zero-order valence-corrected chi connectivity index (χ0v) is 13.5. The highest BCUT2D eigenvalue weighted by atomic mass is 32.2. The lowest BCUT2D eigenvalue weighted by atomic mass is 10.4. The maximum atomic E-state index is 11.9. The van der Waals surface area contributed by atoms with Gasteiger partial charge in [0.25, 0.3) is 10.0 Å². The average molecular weight is 322 g/mol. The predicted molar refractivity (Wildman–Crippen MR) is 80.5 cm³/mol. The summed E-state index contributed by atoms with van der Waals surface area (Å²) in [7, 11) is -1.91. The quantitative estimate of drug-likeness (QED) is 0.593. The number of furan rings is 1. The number of hydrogen-bond acceptors (Lipinski definition) is 6. The summed E-state index contributed by atoms with van der Waals surface area (Å²) in [6.45, 7) is 2.19. The van der Waals surface area contributed by atoms with Crippen LogP contribution in [0.15, 0.2) is 21.6 Å². The summed E-state index contributed by atoms with van der Waals surface area (Å²) in [5.74, 6) is 1.51. The topological polar surface area (TPSA) is 80.6 Å². The lowest BCUT2D eigenvalue weighted by Gasteiger charge is -2.04. The number of thioether (sulfide) groups is 1. The van der Waals surface area contributed by atoms with Crippen LogP contribution in [0, 0.1) is 0 Å². The van der Waals surface area contributed by atoms with Crippen molar-refractivity contribution in [3.8, 4) is 0 Å². The van der Waals surface area contributed by atoms with Gasteiger partial charge in [-0.05, 0) is 30.6 Å². The van der Waals surface area contributed by atoms with Gasteiger partial charge in [0.2, 0.25) is 5.09 Å². The third kappa shape index (κ3) is 6.27. The van der Waals surface area contributed by atoms with Crippen LogP contribution in [-0.2, 0) is 21.3 Å². The molecule has 0 bridgehead atoms. The fourth-order valence-electron chi connectivity index (χ4n) is 1.48. The van der Waals surface area contributed by atoms with E-state index in [-0.39, 0.29) is 5.09 Å². The average Bonchev–Trinajstić information content (AvgIpc) is 2.89. The van der Waals surface area contributed by atoms with E-state index in [2.05, 4.69) is 10.0 Å². The summed E-state index contributed by atoms with van der Waals surface area (Å²) in [6.07, 6.45) is 2.79. The first kappa shape index (κ1) is 17.5. The molecule has 0 unspecified atom stereocenters. The SMILES string of the molecule is COCCNCc1ccc(S(=O)(=O)NCCCSC)o1. The van der Waals surface area contributed by atoms with E-state index in [1.807, 2.05) is 6.26 Å². The second-order valence-corrected chi connectivity index (χ2v) is 6.82. The molecule has 0 saturated heterocycles. The van der Waals surface area contributed by atoms with E-state index in [0.29, 0.717) is 32.0 Å². The normalized spacial score (nSPS) is 11.9. The van der Waals surface area contributed by atoms with Crippen molar-refractivity contribution >= 4 is 21.8 Å². The summed E-state index contributed by atoms with van der Waals surface area (Å²) >= 11 is 1.69. The number of nitrogens with one attached hydrogen (secondary N) is 2. The molecule has 0 spiro atoms. The first-order chi connectivity index (χ1) is 9.60. The van der Waals surface area contributed by atoms with E-state index >= 15 is 0 Å². The van der Waals surface area contributed by atoms with E-state index in [4.69, 9.17) is 9.15 Å². The maximum Gasteiger partial charge on any atom is 0.273 e. The standard InChI is InChI=1S/C12H22N2O4S2/c1-17-8-7-13-10-11-4-5-12(18-11)20(15,16)14-6-3-9-19-2/h4-5,13-14H,3,6-10H2,1-2H3. The highest BCUT2D eigenvalue weighted by Crippen LogP contribution is 2.13. The summed E-state index contributed by atoms with van der Waals surface area (Å²) in [4.78, 5) is 0. The van der Waals surface area contributed by atoms with Crippen LogP contribution >= 0.6 is 11.8 Å². The van der Waals surface area contributed by atoms with Crippen LogP contribution in [0.5, 0.6) is 0 Å². The van der Waals surface area contributed by atoms with Crippen molar-refractivity contribution in [3.05, 3.63) is 17.9 Å². The lowest BCUT2D eigenvalue weighted by molar-refractivity contribution is 0.198. The van der Waals surface area contributed by atoms with Crippen molar-refractivity contribution in [2.75, 3.05) is 38.8 Å². The highest BCUT2D eigenvalue weighted by Gasteiger charge is 2.17. The minimum atomic E-state index is -3.53. The molecule has 1 rings (SSSR count). The van der Waals surface area contributed by atoms with E-state index in [0.717, 1.165) is 12.2 Å². The number of rotatable bonds is 11. The van der Waals surface area contributed by atoms with E-state index < -0.39 is 10.0 Å². The Hall–Kier alpha value is -0.540. The Bertz CT molecular complexity index is 474. The molecular weight excluding hydrogens is 300 g/mol. The number of methoxy groups -OCH3 is 1. The fourth-order valence-corrected chi connectivity index (χ4v) is 2.93. The second-order valence-electron chi connectivity index (χ2n) is 4.13. The molecule has 1 aromatic rings. The van der Waals surface area contributed by atoms with E-state index in [1.54, 1.807) is 24.9 Å². The molecule has 0 aliphatic rings. The van der Waals surface area contributed by atoms with Crippen molar-refractivity contribution in [1.29, 1.82) is 0 Å². The van der Waals surface area contributed by atoms with Crippen LogP contribution in [0.3, 0.4) is 0 Å². The van der Waals surface area contributed by atoms with Crippen LogP contribution in [0.2, 0.25) is 0 Å². The Morgan fingerprint density at radius 3 is 2.85 bits per heavy atom. The molecule has 20 heavy (non-hydrogen) atoms. The highest BCUT2D eigenvalue weighted by molar-refractivity contribution is 7.98. The van der Waals surface area contributed by atoms with Gasteiger partial charge >= 0.3 is 0 Å². The van der Waals surface area contributed by atoms with Crippen LogP contribution in [0.25, 0.3) is 0 Å². The van der Waals surface area contributed by atoms with Gasteiger partial charge in [0.15, 0.2) is 0 Å². The van der Waals surface area contributed by atoms with Gasteiger partial charge in [-0.25, -0.2) is 13.1 Å². The summed E-state index contributed by atoms with van der Waals surface area (Å²) in [6, 6.07) is 3.14. The van der Waals surface area contributed by atoms with Gasteiger partial charge in [0.1, 0.15) is 5.76 Å². The molecule has 0 amide bonds. The molecule has 0 aromatic carbocycles.